The second-order valence-electron chi connectivity index (χ2n) is 8.26. The third-order valence-electron chi connectivity index (χ3n) is 6.17. The maximum atomic E-state index is 15.1. The Bertz CT molecular complexity index is 1350. The van der Waals surface area contributed by atoms with Gasteiger partial charge in [-0.3, -0.25) is 9.59 Å². The molecule has 5 rings (SSSR count). The van der Waals surface area contributed by atoms with Crippen molar-refractivity contribution in [3.05, 3.63) is 69.0 Å². The zero-order chi connectivity index (χ0) is 23.3. The number of amides is 1. The highest BCUT2D eigenvalue weighted by atomic mass is 35.5. The summed E-state index contributed by atoms with van der Waals surface area (Å²) in [4.78, 5) is 44.4. The van der Waals surface area contributed by atoms with Crippen LogP contribution in [0.2, 0.25) is 5.15 Å². The molecule has 2 aliphatic rings. The molecule has 1 N–H and O–H groups in total. The van der Waals surface area contributed by atoms with E-state index in [1.807, 2.05) is 4.90 Å². The topological polar surface area (TPSA) is 95.7 Å². The monoisotopic (exact) mass is 470 g/mol. The van der Waals surface area contributed by atoms with Crippen LogP contribution >= 0.6 is 11.6 Å². The first-order valence-electron chi connectivity index (χ1n) is 10.6. The average molecular weight is 471 g/mol. The van der Waals surface area contributed by atoms with Crippen LogP contribution in [0.3, 0.4) is 0 Å². The molecule has 0 atom stereocenters. The number of carboxylic acids is 1. The van der Waals surface area contributed by atoms with Gasteiger partial charge in [-0.05, 0) is 37.1 Å². The number of fused-ring (bicyclic) bond motifs is 1. The van der Waals surface area contributed by atoms with Crippen LogP contribution in [0.1, 0.15) is 39.6 Å². The fourth-order valence-electron chi connectivity index (χ4n) is 4.27. The highest BCUT2D eigenvalue weighted by Crippen LogP contribution is 2.38. The molecule has 0 spiro atoms. The predicted molar refractivity (Wildman–Crippen MR) is 121 cm³/mol. The molecule has 3 heterocycles. The number of aromatic nitrogens is 2. The molecular weight excluding hydrogens is 451 g/mol. The molecule has 10 heteroatoms. The fraction of sp³-hybridized carbons (Fsp3) is 0.304. The third-order valence-corrected chi connectivity index (χ3v) is 6.47. The number of rotatable bonds is 4. The highest BCUT2D eigenvalue weighted by Gasteiger charge is 2.29. The van der Waals surface area contributed by atoms with Gasteiger partial charge in [0.1, 0.15) is 16.5 Å². The highest BCUT2D eigenvalue weighted by molar-refractivity contribution is 6.32. The summed E-state index contributed by atoms with van der Waals surface area (Å²) in [6.45, 7) is 1.53. The number of pyridine rings is 2. The molecule has 8 nitrogen and oxygen atoms in total. The lowest BCUT2D eigenvalue weighted by Crippen LogP contribution is -2.49. The number of carboxylic acid groups (broad SMARTS) is 1. The van der Waals surface area contributed by atoms with Gasteiger partial charge in [0.2, 0.25) is 5.43 Å². The van der Waals surface area contributed by atoms with Gasteiger partial charge in [0.25, 0.3) is 5.91 Å². The lowest BCUT2D eigenvalue weighted by Gasteiger charge is -2.36. The molecule has 1 aromatic carbocycles. The molecule has 0 radical (unpaired) electrons. The Morgan fingerprint density at radius 1 is 1.12 bits per heavy atom. The molecule has 0 unspecified atom stereocenters. The molecule has 2 fully saturated rings. The maximum Gasteiger partial charge on any atom is 0.341 e. The number of hydrogen-bond donors (Lipinski definition) is 1. The number of carbonyl (C=O) groups is 2. The van der Waals surface area contributed by atoms with E-state index >= 15 is 4.39 Å². The van der Waals surface area contributed by atoms with E-state index in [4.69, 9.17) is 11.6 Å². The molecule has 0 bridgehead atoms. The van der Waals surface area contributed by atoms with Gasteiger partial charge in [0.15, 0.2) is 0 Å². The van der Waals surface area contributed by atoms with E-state index in [0.717, 1.165) is 18.9 Å². The minimum atomic E-state index is -1.32. The van der Waals surface area contributed by atoms with Crippen LogP contribution < -0.4 is 10.3 Å². The van der Waals surface area contributed by atoms with E-state index in [2.05, 4.69) is 4.98 Å². The number of carbonyl (C=O) groups excluding carboxylic acids is 1. The summed E-state index contributed by atoms with van der Waals surface area (Å²) in [6, 6.07) is 6.12. The van der Waals surface area contributed by atoms with Gasteiger partial charge in [-0.1, -0.05) is 11.6 Å². The lowest BCUT2D eigenvalue weighted by atomic mass is 10.1. The van der Waals surface area contributed by atoms with Crippen molar-refractivity contribution in [1.82, 2.24) is 14.5 Å². The van der Waals surface area contributed by atoms with Gasteiger partial charge in [-0.2, -0.15) is 0 Å². The molecule has 3 aromatic rings. The van der Waals surface area contributed by atoms with E-state index < -0.39 is 17.2 Å². The van der Waals surface area contributed by atoms with Crippen molar-refractivity contribution < 1.29 is 19.1 Å². The van der Waals surface area contributed by atoms with Crippen LogP contribution in [0.15, 0.2) is 41.5 Å². The Morgan fingerprint density at radius 3 is 2.48 bits per heavy atom. The van der Waals surface area contributed by atoms with Crippen molar-refractivity contribution >= 4 is 40.1 Å². The Labute approximate surface area is 192 Å². The van der Waals surface area contributed by atoms with Crippen LogP contribution in [0.4, 0.5) is 10.1 Å². The van der Waals surface area contributed by atoms with E-state index in [1.165, 1.54) is 12.4 Å². The summed E-state index contributed by atoms with van der Waals surface area (Å²) in [5, 5.41) is 9.59. The van der Waals surface area contributed by atoms with E-state index in [0.29, 0.717) is 42.9 Å². The van der Waals surface area contributed by atoms with Gasteiger partial charge in [0, 0.05) is 50.0 Å². The van der Waals surface area contributed by atoms with E-state index in [-0.39, 0.29) is 28.1 Å². The van der Waals surface area contributed by atoms with Crippen LogP contribution in [0.25, 0.3) is 10.9 Å². The zero-order valence-corrected chi connectivity index (χ0v) is 18.3. The normalized spacial score (nSPS) is 16.3. The summed E-state index contributed by atoms with van der Waals surface area (Å²) >= 11 is 6.04. The number of anilines is 1. The van der Waals surface area contributed by atoms with Crippen LogP contribution in [-0.2, 0) is 0 Å². The molecule has 1 saturated heterocycles. The molecule has 170 valence electrons. The Balaban J connectivity index is 1.45. The number of aromatic carboxylic acids is 1. The third kappa shape index (κ3) is 3.82. The number of halogens is 2. The second-order valence-corrected chi connectivity index (χ2v) is 8.62. The van der Waals surface area contributed by atoms with Crippen molar-refractivity contribution in [1.29, 1.82) is 0 Å². The molecular formula is C23H20ClFN4O4. The smallest absolute Gasteiger partial charge is 0.341 e. The molecule has 33 heavy (non-hydrogen) atoms. The average Bonchev–Trinajstić information content (AvgIpc) is 3.64. The SMILES string of the molecule is O=C(O)c1cn(C2CC2)c2cc(N3CCN(C(=O)c4cccnc4Cl)CC3)c(F)cc2c1=O. The van der Waals surface area contributed by atoms with E-state index in [1.54, 1.807) is 27.7 Å². The van der Waals surface area contributed by atoms with Crippen LogP contribution in [0.5, 0.6) is 0 Å². The summed E-state index contributed by atoms with van der Waals surface area (Å²) in [6.07, 6.45) is 4.63. The minimum absolute atomic E-state index is 0.0584. The Hall–Kier alpha value is -3.46. The Morgan fingerprint density at radius 2 is 1.85 bits per heavy atom. The number of nitrogens with zero attached hydrogens (tertiary/aromatic N) is 4. The van der Waals surface area contributed by atoms with Crippen molar-refractivity contribution in [3.8, 4) is 0 Å². The largest absolute Gasteiger partial charge is 0.477 e. The summed E-state index contributed by atoms with van der Waals surface area (Å²) < 4.78 is 16.9. The molecule has 1 amide bonds. The summed E-state index contributed by atoms with van der Waals surface area (Å²) in [5.41, 5.74) is 0.119. The van der Waals surface area contributed by atoms with E-state index in [9.17, 15) is 19.5 Å². The van der Waals surface area contributed by atoms with Crippen LogP contribution in [-0.4, -0.2) is 57.6 Å². The van der Waals surface area contributed by atoms with Gasteiger partial charge in [-0.25, -0.2) is 14.2 Å². The Kier molecular flexibility index (Phi) is 5.28. The van der Waals surface area contributed by atoms with Crippen molar-refractivity contribution in [3.63, 3.8) is 0 Å². The molecule has 1 aliphatic carbocycles. The van der Waals surface area contributed by atoms with Gasteiger partial charge in [0.05, 0.1) is 16.8 Å². The fourth-order valence-corrected chi connectivity index (χ4v) is 4.47. The molecule has 1 aliphatic heterocycles. The van der Waals surface area contributed by atoms with Gasteiger partial charge in [-0.15, -0.1) is 0 Å². The first-order chi connectivity index (χ1) is 15.8. The number of hydrogen-bond acceptors (Lipinski definition) is 5. The minimum Gasteiger partial charge on any atom is -0.477 e. The van der Waals surface area contributed by atoms with Crippen molar-refractivity contribution in [2.75, 3.05) is 31.1 Å². The predicted octanol–water partition coefficient (Wildman–Crippen LogP) is 3.18. The van der Waals surface area contributed by atoms with Gasteiger partial charge < -0.3 is 19.5 Å². The zero-order valence-electron chi connectivity index (χ0n) is 17.5. The van der Waals surface area contributed by atoms with Crippen molar-refractivity contribution in [2.24, 2.45) is 0 Å². The van der Waals surface area contributed by atoms with Gasteiger partial charge >= 0.3 is 5.97 Å². The second kappa shape index (κ2) is 8.15. The quantitative estimate of drug-likeness (QED) is 0.588. The summed E-state index contributed by atoms with van der Waals surface area (Å²) in [7, 11) is 0. The van der Waals surface area contributed by atoms with Crippen molar-refractivity contribution in [2.45, 2.75) is 18.9 Å². The standard InChI is InChI=1S/C23H20ClFN4O4/c24-21-14(2-1-5-26-21)22(31)28-8-6-27(7-9-28)19-11-18-15(10-17(19)25)20(30)16(23(32)33)12-29(18)13-3-4-13/h1-2,5,10-13H,3-4,6-9H2,(H,32,33). The molecule has 2 aromatic heterocycles. The lowest BCUT2D eigenvalue weighted by molar-refractivity contribution is 0.0693. The maximum absolute atomic E-state index is 15.1. The number of piperazine rings is 1. The first kappa shape index (κ1) is 21.4. The van der Waals surface area contributed by atoms with Crippen LogP contribution in [0, 0.1) is 5.82 Å². The number of benzene rings is 1. The molecule has 1 saturated carbocycles. The first-order valence-corrected chi connectivity index (χ1v) is 11.0. The summed E-state index contributed by atoms with van der Waals surface area (Å²) in [5.74, 6) is -2.15.